The zero-order valence-electron chi connectivity index (χ0n) is 16.3. The normalized spacial score (nSPS) is 16.3. The minimum Gasteiger partial charge on any atom is -0.322 e. The number of rotatable bonds is 4. The number of nitrogens with zero attached hydrogens (tertiary/aromatic N) is 1. The highest BCUT2D eigenvalue weighted by molar-refractivity contribution is 7.89. The molecular formula is C20H19Cl2F3N2O3S. The lowest BCUT2D eigenvalue weighted by atomic mass is 10.0. The molecule has 1 heterocycles. The second kappa shape index (κ2) is 8.97. The highest BCUT2D eigenvalue weighted by Gasteiger charge is 2.34. The monoisotopic (exact) mass is 494 g/mol. The fourth-order valence-electron chi connectivity index (χ4n) is 3.23. The van der Waals surface area contributed by atoms with Gasteiger partial charge >= 0.3 is 6.18 Å². The number of alkyl halides is 3. The molecule has 11 heteroatoms. The summed E-state index contributed by atoms with van der Waals surface area (Å²) < 4.78 is 66.4. The molecular weight excluding hydrogens is 476 g/mol. The van der Waals surface area contributed by atoms with Gasteiger partial charge in [0.1, 0.15) is 0 Å². The second-order valence-electron chi connectivity index (χ2n) is 7.37. The number of piperidine rings is 1. The first-order valence-electron chi connectivity index (χ1n) is 9.37. The van der Waals surface area contributed by atoms with Gasteiger partial charge in [-0.05, 0) is 55.2 Å². The zero-order valence-corrected chi connectivity index (χ0v) is 18.7. The Bertz CT molecular complexity index is 1100. The average molecular weight is 495 g/mol. The number of carbonyl (C=O) groups excluding carboxylic acids is 1. The first kappa shape index (κ1) is 23.8. The van der Waals surface area contributed by atoms with Crippen LogP contribution < -0.4 is 5.32 Å². The standard InChI is InChI=1S/C20H19Cl2F3N2O3S/c1-12-6-8-27(9-7-12)31(29,30)14-3-5-17(21)15(11-14)19(28)26-13-2-4-18(22)16(10-13)20(23,24)25/h2-5,10-12H,6-9H2,1H3,(H,26,28). The van der Waals surface area contributed by atoms with Gasteiger partial charge < -0.3 is 5.32 Å². The maximum absolute atomic E-state index is 13.0. The van der Waals surface area contributed by atoms with Crippen LogP contribution in [0.3, 0.4) is 0 Å². The van der Waals surface area contributed by atoms with Crippen molar-refractivity contribution in [3.8, 4) is 0 Å². The van der Waals surface area contributed by atoms with E-state index in [2.05, 4.69) is 12.2 Å². The molecule has 5 nitrogen and oxygen atoms in total. The van der Waals surface area contributed by atoms with Gasteiger partial charge in [-0.3, -0.25) is 4.79 Å². The third-order valence-electron chi connectivity index (χ3n) is 5.09. The second-order valence-corrected chi connectivity index (χ2v) is 10.1. The lowest BCUT2D eigenvalue weighted by Crippen LogP contribution is -2.37. The summed E-state index contributed by atoms with van der Waals surface area (Å²) in [6.07, 6.45) is -3.23. The Labute approximate surface area is 188 Å². The van der Waals surface area contributed by atoms with Crippen LogP contribution in [0.2, 0.25) is 10.0 Å². The predicted octanol–water partition coefficient (Wildman–Crippen LogP) is 5.69. The van der Waals surface area contributed by atoms with E-state index in [1.807, 2.05) is 0 Å². The van der Waals surface area contributed by atoms with Crippen molar-refractivity contribution in [2.75, 3.05) is 18.4 Å². The summed E-state index contributed by atoms with van der Waals surface area (Å²) in [5, 5.41) is 1.77. The highest BCUT2D eigenvalue weighted by Crippen LogP contribution is 2.36. The number of carbonyl (C=O) groups is 1. The summed E-state index contributed by atoms with van der Waals surface area (Å²) in [4.78, 5) is 12.6. The van der Waals surface area contributed by atoms with E-state index in [0.29, 0.717) is 25.1 Å². The molecule has 168 valence electrons. The molecule has 0 aliphatic carbocycles. The molecule has 0 spiro atoms. The van der Waals surface area contributed by atoms with Crippen molar-refractivity contribution in [2.24, 2.45) is 5.92 Å². The van der Waals surface area contributed by atoms with Crippen LogP contribution in [0.25, 0.3) is 0 Å². The van der Waals surface area contributed by atoms with Gasteiger partial charge in [0.15, 0.2) is 0 Å². The molecule has 0 unspecified atom stereocenters. The van der Waals surface area contributed by atoms with Gasteiger partial charge in [-0.2, -0.15) is 17.5 Å². The molecule has 0 saturated carbocycles. The Hall–Kier alpha value is -1.81. The highest BCUT2D eigenvalue weighted by atomic mass is 35.5. The van der Waals surface area contributed by atoms with E-state index >= 15 is 0 Å². The van der Waals surface area contributed by atoms with E-state index in [1.54, 1.807) is 0 Å². The van der Waals surface area contributed by atoms with Crippen molar-refractivity contribution in [2.45, 2.75) is 30.8 Å². The molecule has 2 aromatic carbocycles. The molecule has 0 aromatic heterocycles. The lowest BCUT2D eigenvalue weighted by Gasteiger charge is -2.29. The number of amides is 1. The maximum Gasteiger partial charge on any atom is 0.417 e. The third-order valence-corrected chi connectivity index (χ3v) is 7.65. The molecule has 2 aromatic rings. The van der Waals surface area contributed by atoms with E-state index in [-0.39, 0.29) is 21.2 Å². The Balaban J connectivity index is 1.88. The fraction of sp³-hybridized carbons (Fsp3) is 0.350. The van der Waals surface area contributed by atoms with Gasteiger partial charge in [0.25, 0.3) is 5.91 Å². The minimum absolute atomic E-state index is 0.0336. The molecule has 1 N–H and O–H groups in total. The van der Waals surface area contributed by atoms with Gasteiger partial charge in [-0.15, -0.1) is 0 Å². The number of halogens is 5. The van der Waals surface area contributed by atoms with E-state index in [0.717, 1.165) is 25.0 Å². The fourth-order valence-corrected chi connectivity index (χ4v) is 5.16. The van der Waals surface area contributed by atoms with Crippen LogP contribution in [-0.2, 0) is 16.2 Å². The Morgan fingerprint density at radius 1 is 1.06 bits per heavy atom. The van der Waals surface area contributed by atoms with Crippen molar-refractivity contribution >= 4 is 44.8 Å². The summed E-state index contributed by atoms with van der Waals surface area (Å²) in [6.45, 7) is 2.80. The number of anilines is 1. The number of sulfonamides is 1. The number of benzene rings is 2. The Morgan fingerprint density at radius 2 is 1.68 bits per heavy atom. The number of hydrogen-bond acceptors (Lipinski definition) is 3. The number of hydrogen-bond donors (Lipinski definition) is 1. The predicted molar refractivity (Wildman–Crippen MR) is 113 cm³/mol. The summed E-state index contributed by atoms with van der Waals surface area (Å²) in [6, 6.07) is 6.63. The minimum atomic E-state index is -4.70. The molecule has 3 rings (SSSR count). The van der Waals surface area contributed by atoms with E-state index < -0.39 is 32.7 Å². The van der Waals surface area contributed by atoms with Gasteiger partial charge in [-0.25, -0.2) is 8.42 Å². The first-order chi connectivity index (χ1) is 14.4. The quantitative estimate of drug-likeness (QED) is 0.593. The zero-order chi connectivity index (χ0) is 23.0. The Morgan fingerprint density at radius 3 is 2.29 bits per heavy atom. The summed E-state index contributed by atoms with van der Waals surface area (Å²) in [5.41, 5.74) is -1.43. The smallest absolute Gasteiger partial charge is 0.322 e. The summed E-state index contributed by atoms with van der Waals surface area (Å²) in [7, 11) is -3.83. The van der Waals surface area contributed by atoms with Crippen molar-refractivity contribution in [1.29, 1.82) is 0 Å². The lowest BCUT2D eigenvalue weighted by molar-refractivity contribution is -0.137. The molecule has 0 radical (unpaired) electrons. The van der Waals surface area contributed by atoms with E-state index in [4.69, 9.17) is 23.2 Å². The molecule has 1 aliphatic heterocycles. The van der Waals surface area contributed by atoms with Gasteiger partial charge in [0, 0.05) is 18.8 Å². The van der Waals surface area contributed by atoms with Crippen LogP contribution in [-0.4, -0.2) is 31.7 Å². The molecule has 0 bridgehead atoms. The summed E-state index contributed by atoms with van der Waals surface area (Å²) >= 11 is 11.7. The van der Waals surface area contributed by atoms with Crippen molar-refractivity contribution < 1.29 is 26.4 Å². The molecule has 0 atom stereocenters. The van der Waals surface area contributed by atoms with E-state index in [9.17, 15) is 26.4 Å². The van der Waals surface area contributed by atoms with Crippen molar-refractivity contribution in [3.05, 3.63) is 57.6 Å². The van der Waals surface area contributed by atoms with Crippen molar-refractivity contribution in [3.63, 3.8) is 0 Å². The average Bonchev–Trinajstić information content (AvgIpc) is 2.69. The molecule has 1 fully saturated rings. The van der Waals surface area contributed by atoms with Gasteiger partial charge in [0.05, 0.1) is 26.1 Å². The van der Waals surface area contributed by atoms with Crippen LogP contribution in [0.1, 0.15) is 35.7 Å². The van der Waals surface area contributed by atoms with Gasteiger partial charge in [0.2, 0.25) is 10.0 Å². The maximum atomic E-state index is 13.0. The van der Waals surface area contributed by atoms with Crippen LogP contribution in [0.4, 0.5) is 18.9 Å². The van der Waals surface area contributed by atoms with Crippen LogP contribution in [0, 0.1) is 5.92 Å². The van der Waals surface area contributed by atoms with Crippen LogP contribution in [0.5, 0.6) is 0 Å². The van der Waals surface area contributed by atoms with Gasteiger partial charge in [-0.1, -0.05) is 30.1 Å². The number of nitrogens with one attached hydrogen (secondary N) is 1. The van der Waals surface area contributed by atoms with E-state index in [1.165, 1.54) is 22.5 Å². The van der Waals surface area contributed by atoms with Crippen LogP contribution in [0.15, 0.2) is 41.3 Å². The largest absolute Gasteiger partial charge is 0.417 e. The Kier molecular flexibility index (Phi) is 6.90. The third kappa shape index (κ3) is 5.34. The molecule has 1 amide bonds. The van der Waals surface area contributed by atoms with Crippen molar-refractivity contribution in [1.82, 2.24) is 4.31 Å². The molecule has 1 saturated heterocycles. The summed E-state index contributed by atoms with van der Waals surface area (Å²) in [5.74, 6) is -0.413. The molecule has 31 heavy (non-hydrogen) atoms. The SMILES string of the molecule is CC1CCN(S(=O)(=O)c2ccc(Cl)c(C(=O)Nc3ccc(Cl)c(C(F)(F)F)c3)c2)CC1. The van der Waals surface area contributed by atoms with Crippen LogP contribution >= 0.6 is 23.2 Å². The topological polar surface area (TPSA) is 66.5 Å². The molecule has 1 aliphatic rings. The first-order valence-corrected chi connectivity index (χ1v) is 11.6.